The minimum absolute atomic E-state index is 0.262. The largest absolute Gasteiger partial charge is 0.494 e. The van der Waals surface area contributed by atoms with Crippen LogP contribution in [0.15, 0.2) is 46.9 Å². The van der Waals surface area contributed by atoms with Gasteiger partial charge in [0.1, 0.15) is 0 Å². The highest BCUT2D eigenvalue weighted by atomic mass is 79.9. The van der Waals surface area contributed by atoms with E-state index >= 15 is 0 Å². The van der Waals surface area contributed by atoms with Crippen molar-refractivity contribution < 1.29 is 9.53 Å². The third-order valence-corrected chi connectivity index (χ3v) is 3.07. The topological polar surface area (TPSA) is 64.3 Å². The summed E-state index contributed by atoms with van der Waals surface area (Å²) < 4.78 is 6.06. The van der Waals surface area contributed by atoms with Crippen LogP contribution in [-0.2, 0) is 0 Å². The Kier molecular flexibility index (Phi) is 4.06. The summed E-state index contributed by atoms with van der Waals surface area (Å²) in [7, 11) is 1.49. The van der Waals surface area contributed by atoms with Crippen molar-refractivity contribution in [3.8, 4) is 5.75 Å². The molecule has 0 heterocycles. The summed E-state index contributed by atoms with van der Waals surface area (Å²) >= 11 is 3.35. The number of hydrogen-bond acceptors (Lipinski definition) is 3. The number of nitrogens with one attached hydrogen (secondary N) is 1. The minimum Gasteiger partial charge on any atom is -0.494 e. The first-order valence-electron chi connectivity index (χ1n) is 5.61. The van der Waals surface area contributed by atoms with Gasteiger partial charge < -0.3 is 15.8 Å². The summed E-state index contributed by atoms with van der Waals surface area (Å²) in [4.78, 5) is 12.2. The zero-order valence-electron chi connectivity index (χ0n) is 10.3. The Hall–Kier alpha value is -2.01. The molecule has 4 nitrogen and oxygen atoms in total. The average molecular weight is 321 g/mol. The lowest BCUT2D eigenvalue weighted by molar-refractivity contribution is 0.102. The molecule has 0 saturated heterocycles. The van der Waals surface area contributed by atoms with Crippen LogP contribution in [0.5, 0.6) is 5.75 Å². The Bertz CT molecular complexity index is 614. The molecule has 3 N–H and O–H groups in total. The molecule has 0 aliphatic carbocycles. The number of ether oxygens (including phenoxy) is 1. The van der Waals surface area contributed by atoms with E-state index in [2.05, 4.69) is 21.2 Å². The number of amides is 1. The Morgan fingerprint density at radius 2 is 2.00 bits per heavy atom. The molecule has 2 aromatic rings. The molecule has 1 amide bonds. The van der Waals surface area contributed by atoms with E-state index in [4.69, 9.17) is 10.5 Å². The highest BCUT2D eigenvalue weighted by molar-refractivity contribution is 9.10. The van der Waals surface area contributed by atoms with Gasteiger partial charge in [0.2, 0.25) is 0 Å². The van der Waals surface area contributed by atoms with Gasteiger partial charge >= 0.3 is 0 Å². The molecule has 98 valence electrons. The van der Waals surface area contributed by atoms with E-state index < -0.39 is 0 Å². The molecular weight excluding hydrogens is 308 g/mol. The first-order chi connectivity index (χ1) is 9.11. The number of methoxy groups -OCH3 is 1. The lowest BCUT2D eigenvalue weighted by Gasteiger charge is -2.11. The number of rotatable bonds is 3. The van der Waals surface area contributed by atoms with Crippen molar-refractivity contribution in [3.05, 3.63) is 52.5 Å². The summed E-state index contributed by atoms with van der Waals surface area (Å²) in [5, 5.41) is 2.80. The number of benzene rings is 2. The first-order valence-corrected chi connectivity index (χ1v) is 6.40. The van der Waals surface area contributed by atoms with Crippen molar-refractivity contribution >= 4 is 33.2 Å². The molecular formula is C14H13BrN2O2. The number of nitrogen functional groups attached to an aromatic ring is 1. The Morgan fingerprint density at radius 1 is 1.26 bits per heavy atom. The van der Waals surface area contributed by atoms with Crippen LogP contribution in [0.25, 0.3) is 0 Å². The van der Waals surface area contributed by atoms with E-state index in [1.807, 2.05) is 18.2 Å². The number of hydrogen-bond donors (Lipinski definition) is 2. The van der Waals surface area contributed by atoms with Crippen LogP contribution in [0.2, 0.25) is 0 Å². The van der Waals surface area contributed by atoms with Crippen LogP contribution in [0.4, 0.5) is 11.4 Å². The van der Waals surface area contributed by atoms with Crippen LogP contribution in [0.3, 0.4) is 0 Å². The predicted molar refractivity (Wildman–Crippen MR) is 79.5 cm³/mol. The summed E-state index contributed by atoms with van der Waals surface area (Å²) in [6.07, 6.45) is 0. The SMILES string of the molecule is COc1c(N)cccc1C(=O)Nc1cccc(Br)c1. The number of carbonyl (C=O) groups is 1. The molecule has 0 aromatic heterocycles. The zero-order valence-corrected chi connectivity index (χ0v) is 11.9. The predicted octanol–water partition coefficient (Wildman–Crippen LogP) is 3.29. The van der Waals surface area contributed by atoms with Gasteiger partial charge in [-0.25, -0.2) is 0 Å². The van der Waals surface area contributed by atoms with Crippen molar-refractivity contribution in [1.82, 2.24) is 0 Å². The number of anilines is 2. The summed E-state index contributed by atoms with van der Waals surface area (Å²) in [5.74, 6) is 0.122. The Labute approximate surface area is 119 Å². The molecule has 0 radical (unpaired) electrons. The second-order valence-electron chi connectivity index (χ2n) is 3.89. The van der Waals surface area contributed by atoms with Gasteiger partial charge in [-0.05, 0) is 30.3 Å². The average Bonchev–Trinajstić information content (AvgIpc) is 2.38. The van der Waals surface area contributed by atoms with Gasteiger partial charge in [-0.1, -0.05) is 28.1 Å². The molecule has 0 unspecified atom stereocenters. The molecule has 0 atom stereocenters. The second kappa shape index (κ2) is 5.75. The molecule has 2 aromatic carbocycles. The highest BCUT2D eigenvalue weighted by Gasteiger charge is 2.14. The van der Waals surface area contributed by atoms with Crippen LogP contribution in [0.1, 0.15) is 10.4 Å². The number of carbonyl (C=O) groups excluding carboxylic acids is 1. The van der Waals surface area contributed by atoms with Crippen LogP contribution < -0.4 is 15.8 Å². The maximum absolute atomic E-state index is 12.2. The van der Waals surface area contributed by atoms with Crippen LogP contribution in [-0.4, -0.2) is 13.0 Å². The van der Waals surface area contributed by atoms with Crippen molar-refractivity contribution in [2.75, 3.05) is 18.2 Å². The Morgan fingerprint density at radius 3 is 2.68 bits per heavy atom. The fraction of sp³-hybridized carbons (Fsp3) is 0.0714. The quantitative estimate of drug-likeness (QED) is 0.853. The monoisotopic (exact) mass is 320 g/mol. The molecule has 2 rings (SSSR count). The number of halogens is 1. The zero-order chi connectivity index (χ0) is 13.8. The third kappa shape index (κ3) is 3.06. The summed E-state index contributed by atoms with van der Waals surface area (Å²) in [5.41, 5.74) is 7.31. The van der Waals surface area contributed by atoms with E-state index in [0.29, 0.717) is 22.7 Å². The summed E-state index contributed by atoms with van der Waals surface area (Å²) in [6.45, 7) is 0. The lowest BCUT2D eigenvalue weighted by Crippen LogP contribution is -2.13. The fourth-order valence-corrected chi connectivity index (χ4v) is 2.13. The van der Waals surface area contributed by atoms with Gasteiger partial charge in [0, 0.05) is 10.2 Å². The van der Waals surface area contributed by atoms with Gasteiger partial charge in [0.15, 0.2) is 5.75 Å². The van der Waals surface area contributed by atoms with E-state index in [0.717, 1.165) is 4.47 Å². The van der Waals surface area contributed by atoms with Crippen molar-refractivity contribution in [2.24, 2.45) is 0 Å². The second-order valence-corrected chi connectivity index (χ2v) is 4.81. The van der Waals surface area contributed by atoms with Gasteiger partial charge in [0.25, 0.3) is 5.91 Å². The van der Waals surface area contributed by atoms with Gasteiger partial charge in [-0.2, -0.15) is 0 Å². The first kappa shape index (κ1) is 13.4. The number of nitrogens with two attached hydrogens (primary N) is 1. The van der Waals surface area contributed by atoms with E-state index in [9.17, 15) is 4.79 Å². The third-order valence-electron chi connectivity index (χ3n) is 2.58. The van der Waals surface area contributed by atoms with Crippen molar-refractivity contribution in [2.45, 2.75) is 0 Å². The molecule has 0 aliphatic heterocycles. The highest BCUT2D eigenvalue weighted by Crippen LogP contribution is 2.27. The van der Waals surface area contributed by atoms with Crippen molar-refractivity contribution in [1.29, 1.82) is 0 Å². The maximum Gasteiger partial charge on any atom is 0.259 e. The summed E-state index contributed by atoms with van der Waals surface area (Å²) in [6, 6.07) is 12.4. The molecule has 0 saturated carbocycles. The molecule has 5 heteroatoms. The normalized spacial score (nSPS) is 10.0. The molecule has 0 bridgehead atoms. The number of para-hydroxylation sites is 1. The van der Waals surface area contributed by atoms with Crippen LogP contribution >= 0.6 is 15.9 Å². The standard InChI is InChI=1S/C14H13BrN2O2/c1-19-13-11(6-3-7-12(13)16)14(18)17-10-5-2-4-9(15)8-10/h2-8H,16H2,1H3,(H,17,18). The van der Waals surface area contributed by atoms with Gasteiger partial charge in [-0.3, -0.25) is 4.79 Å². The minimum atomic E-state index is -0.262. The molecule has 0 spiro atoms. The van der Waals surface area contributed by atoms with Gasteiger partial charge in [-0.15, -0.1) is 0 Å². The van der Waals surface area contributed by atoms with Gasteiger partial charge in [0.05, 0.1) is 18.4 Å². The smallest absolute Gasteiger partial charge is 0.259 e. The van der Waals surface area contributed by atoms with Crippen LogP contribution in [0, 0.1) is 0 Å². The van der Waals surface area contributed by atoms with E-state index in [-0.39, 0.29) is 5.91 Å². The fourth-order valence-electron chi connectivity index (χ4n) is 1.73. The van der Waals surface area contributed by atoms with Crippen molar-refractivity contribution in [3.63, 3.8) is 0 Å². The van der Waals surface area contributed by atoms with E-state index in [1.54, 1.807) is 24.3 Å². The van der Waals surface area contributed by atoms with E-state index in [1.165, 1.54) is 7.11 Å². The lowest BCUT2D eigenvalue weighted by atomic mass is 10.1. The Balaban J connectivity index is 2.28. The molecule has 0 aliphatic rings. The molecule has 0 fully saturated rings. The maximum atomic E-state index is 12.2. The molecule has 19 heavy (non-hydrogen) atoms.